The zero-order chi connectivity index (χ0) is 11.5. The molecule has 0 amide bonds. The van der Waals surface area contributed by atoms with Crippen molar-refractivity contribution in [2.45, 2.75) is 17.6 Å². The average Bonchev–Trinajstić information content (AvgIpc) is 2.64. The standard InChI is InChI=1S/C10H9FN2O2S/c1-7-12-10(15-13-7)6-16(14)9-4-2-3-8(11)5-9/h2-5H,6H2,1H3. The van der Waals surface area contributed by atoms with Crippen LogP contribution in [-0.4, -0.2) is 14.3 Å². The second-order valence-electron chi connectivity index (χ2n) is 3.18. The first-order valence-corrected chi connectivity index (χ1v) is 5.90. The fourth-order valence-corrected chi connectivity index (χ4v) is 2.19. The van der Waals surface area contributed by atoms with Gasteiger partial charge >= 0.3 is 0 Å². The van der Waals surface area contributed by atoms with E-state index in [0.717, 1.165) is 0 Å². The Bertz CT molecular complexity index is 527. The number of aromatic nitrogens is 2. The molecule has 0 saturated heterocycles. The van der Waals surface area contributed by atoms with Crippen LogP contribution < -0.4 is 0 Å². The molecule has 0 aliphatic carbocycles. The molecule has 0 fully saturated rings. The highest BCUT2D eigenvalue weighted by Crippen LogP contribution is 2.12. The molecule has 1 aromatic carbocycles. The molecule has 0 aliphatic heterocycles. The Kier molecular flexibility index (Phi) is 3.09. The number of rotatable bonds is 3. The van der Waals surface area contributed by atoms with Gasteiger partial charge in [-0.25, -0.2) is 4.39 Å². The van der Waals surface area contributed by atoms with E-state index >= 15 is 0 Å². The molecule has 0 spiro atoms. The van der Waals surface area contributed by atoms with Gasteiger partial charge in [0.15, 0.2) is 5.82 Å². The number of halogens is 1. The van der Waals surface area contributed by atoms with Crippen molar-refractivity contribution in [2.75, 3.05) is 0 Å². The van der Waals surface area contributed by atoms with Gasteiger partial charge in [-0.05, 0) is 25.1 Å². The minimum absolute atomic E-state index is 0.101. The van der Waals surface area contributed by atoms with E-state index in [-0.39, 0.29) is 5.75 Å². The van der Waals surface area contributed by atoms with Crippen molar-refractivity contribution in [3.8, 4) is 0 Å². The molecule has 0 saturated carbocycles. The second kappa shape index (κ2) is 4.52. The number of nitrogens with zero attached hydrogens (tertiary/aromatic N) is 2. The van der Waals surface area contributed by atoms with Gasteiger partial charge in [0, 0.05) is 4.90 Å². The zero-order valence-corrected chi connectivity index (χ0v) is 9.33. The maximum atomic E-state index is 12.9. The lowest BCUT2D eigenvalue weighted by molar-refractivity contribution is 0.386. The summed E-state index contributed by atoms with van der Waals surface area (Å²) in [7, 11) is -1.37. The van der Waals surface area contributed by atoms with Crippen LogP contribution in [-0.2, 0) is 16.6 Å². The molecular formula is C10H9FN2O2S. The molecule has 0 bridgehead atoms. The summed E-state index contributed by atoms with van der Waals surface area (Å²) in [4.78, 5) is 4.35. The Morgan fingerprint density at radius 3 is 2.94 bits per heavy atom. The third-order valence-corrected chi connectivity index (χ3v) is 3.17. The minimum atomic E-state index is -1.37. The summed E-state index contributed by atoms with van der Waals surface area (Å²) in [6, 6.07) is 5.65. The lowest BCUT2D eigenvalue weighted by Crippen LogP contribution is -1.97. The molecule has 84 valence electrons. The van der Waals surface area contributed by atoms with Crippen LogP contribution in [0, 0.1) is 12.7 Å². The van der Waals surface area contributed by atoms with Gasteiger partial charge in [-0.1, -0.05) is 11.2 Å². The average molecular weight is 240 g/mol. The van der Waals surface area contributed by atoms with E-state index in [4.69, 9.17) is 4.52 Å². The van der Waals surface area contributed by atoms with Crippen molar-refractivity contribution < 1.29 is 13.1 Å². The predicted octanol–water partition coefficient (Wildman–Crippen LogP) is 1.82. The summed E-state index contributed by atoms with van der Waals surface area (Å²) in [6.07, 6.45) is 0. The van der Waals surface area contributed by atoms with Crippen LogP contribution in [0.25, 0.3) is 0 Å². The van der Waals surface area contributed by atoms with Gasteiger partial charge < -0.3 is 4.52 Å². The molecule has 1 atom stereocenters. The van der Waals surface area contributed by atoms with Crippen molar-refractivity contribution in [1.82, 2.24) is 10.1 Å². The van der Waals surface area contributed by atoms with E-state index in [1.165, 1.54) is 18.2 Å². The summed E-state index contributed by atoms with van der Waals surface area (Å²) in [5, 5.41) is 3.59. The highest BCUT2D eigenvalue weighted by atomic mass is 32.2. The second-order valence-corrected chi connectivity index (χ2v) is 4.63. The number of hydrogen-bond donors (Lipinski definition) is 0. The van der Waals surface area contributed by atoms with E-state index in [1.807, 2.05) is 0 Å². The molecule has 0 N–H and O–H groups in total. The monoisotopic (exact) mass is 240 g/mol. The maximum absolute atomic E-state index is 12.9. The zero-order valence-electron chi connectivity index (χ0n) is 8.51. The van der Waals surface area contributed by atoms with Crippen LogP contribution in [0.3, 0.4) is 0 Å². The van der Waals surface area contributed by atoms with Crippen molar-refractivity contribution in [1.29, 1.82) is 0 Å². The van der Waals surface area contributed by atoms with Crippen LogP contribution >= 0.6 is 0 Å². The van der Waals surface area contributed by atoms with Crippen LogP contribution in [0.4, 0.5) is 4.39 Å². The molecule has 0 aliphatic rings. The first kappa shape index (κ1) is 10.9. The van der Waals surface area contributed by atoms with E-state index < -0.39 is 16.6 Å². The minimum Gasteiger partial charge on any atom is -0.338 e. The van der Waals surface area contributed by atoms with Gasteiger partial charge in [0.2, 0.25) is 5.89 Å². The summed E-state index contributed by atoms with van der Waals surface area (Å²) in [6.45, 7) is 1.68. The Hall–Kier alpha value is -1.56. The highest BCUT2D eigenvalue weighted by Gasteiger charge is 2.10. The Morgan fingerprint density at radius 2 is 2.31 bits per heavy atom. The summed E-state index contributed by atoms with van der Waals surface area (Å²) >= 11 is 0. The van der Waals surface area contributed by atoms with Crippen LogP contribution in [0.15, 0.2) is 33.7 Å². The van der Waals surface area contributed by atoms with Crippen molar-refractivity contribution in [3.05, 3.63) is 41.8 Å². The van der Waals surface area contributed by atoms with Crippen molar-refractivity contribution in [2.24, 2.45) is 0 Å². The van der Waals surface area contributed by atoms with Gasteiger partial charge in [0.05, 0.1) is 10.8 Å². The first-order valence-electron chi connectivity index (χ1n) is 4.58. The van der Waals surface area contributed by atoms with Gasteiger partial charge in [-0.2, -0.15) is 4.98 Å². The predicted molar refractivity (Wildman–Crippen MR) is 55.5 cm³/mol. The van der Waals surface area contributed by atoms with Crippen LogP contribution in [0.5, 0.6) is 0 Å². The molecule has 6 heteroatoms. The van der Waals surface area contributed by atoms with Crippen molar-refractivity contribution in [3.63, 3.8) is 0 Å². The normalized spacial score (nSPS) is 12.6. The highest BCUT2D eigenvalue weighted by molar-refractivity contribution is 7.84. The summed E-state index contributed by atoms with van der Waals surface area (Å²) in [5.41, 5.74) is 0. The molecule has 1 unspecified atom stereocenters. The molecule has 2 rings (SSSR count). The Labute approximate surface area is 93.9 Å². The molecule has 4 nitrogen and oxygen atoms in total. The fourth-order valence-electron chi connectivity index (χ4n) is 1.20. The van der Waals surface area contributed by atoms with Gasteiger partial charge in [0.25, 0.3) is 0 Å². The van der Waals surface area contributed by atoms with E-state index in [2.05, 4.69) is 10.1 Å². The van der Waals surface area contributed by atoms with E-state index in [9.17, 15) is 8.60 Å². The molecule has 16 heavy (non-hydrogen) atoms. The smallest absolute Gasteiger partial charge is 0.239 e. The molecular weight excluding hydrogens is 231 g/mol. The molecule has 0 radical (unpaired) electrons. The SMILES string of the molecule is Cc1noc(CS(=O)c2cccc(F)c2)n1. The summed E-state index contributed by atoms with van der Waals surface area (Å²) in [5.74, 6) is 0.475. The van der Waals surface area contributed by atoms with E-state index in [1.54, 1.807) is 13.0 Å². The largest absolute Gasteiger partial charge is 0.338 e. The summed E-state index contributed by atoms with van der Waals surface area (Å²) < 4.78 is 29.5. The molecule has 1 heterocycles. The third kappa shape index (κ3) is 2.52. The maximum Gasteiger partial charge on any atom is 0.239 e. The Morgan fingerprint density at radius 1 is 1.50 bits per heavy atom. The van der Waals surface area contributed by atoms with Gasteiger partial charge in [-0.15, -0.1) is 0 Å². The van der Waals surface area contributed by atoms with Crippen LogP contribution in [0.1, 0.15) is 11.7 Å². The van der Waals surface area contributed by atoms with Crippen molar-refractivity contribution >= 4 is 10.8 Å². The van der Waals surface area contributed by atoms with E-state index in [0.29, 0.717) is 16.6 Å². The molecule has 1 aromatic heterocycles. The lowest BCUT2D eigenvalue weighted by atomic mass is 10.4. The number of aryl methyl sites for hydroxylation is 1. The molecule has 2 aromatic rings. The number of hydrogen-bond acceptors (Lipinski definition) is 4. The quantitative estimate of drug-likeness (QED) is 0.821. The van der Waals surface area contributed by atoms with Gasteiger partial charge in [-0.3, -0.25) is 4.21 Å². The fraction of sp³-hybridized carbons (Fsp3) is 0.200. The third-order valence-electron chi connectivity index (χ3n) is 1.88. The first-order chi connectivity index (χ1) is 7.65. The topological polar surface area (TPSA) is 56.0 Å². The number of benzene rings is 1. The lowest BCUT2D eigenvalue weighted by Gasteiger charge is -1.98. The van der Waals surface area contributed by atoms with Crippen LogP contribution in [0.2, 0.25) is 0 Å². The van der Waals surface area contributed by atoms with Gasteiger partial charge in [0.1, 0.15) is 11.6 Å². The Balaban J connectivity index is 2.14.